The van der Waals surface area contributed by atoms with Crippen molar-refractivity contribution in [1.29, 1.82) is 0 Å². The fraction of sp³-hybridized carbons (Fsp3) is 0.133. The van der Waals surface area contributed by atoms with Crippen molar-refractivity contribution in [3.63, 3.8) is 0 Å². The second-order valence-corrected chi connectivity index (χ2v) is 6.17. The molecule has 1 unspecified atom stereocenters. The van der Waals surface area contributed by atoms with Crippen LogP contribution in [0.3, 0.4) is 0 Å². The van der Waals surface area contributed by atoms with E-state index < -0.39 is 0 Å². The van der Waals surface area contributed by atoms with Gasteiger partial charge in [0.2, 0.25) is 0 Å². The molecule has 0 bridgehead atoms. The summed E-state index contributed by atoms with van der Waals surface area (Å²) in [5.74, 6) is 0.772. The highest BCUT2D eigenvalue weighted by Gasteiger charge is 2.14. The summed E-state index contributed by atoms with van der Waals surface area (Å²) in [6.45, 7) is 0. The first kappa shape index (κ1) is 13.5. The lowest BCUT2D eigenvalue weighted by Crippen LogP contribution is -2.12. The predicted molar refractivity (Wildman–Crippen MR) is 84.6 cm³/mol. The highest BCUT2D eigenvalue weighted by molar-refractivity contribution is 9.10. The number of aromatic nitrogens is 1. The van der Waals surface area contributed by atoms with E-state index in [-0.39, 0.29) is 6.04 Å². The maximum Gasteiger partial charge on any atom is 0.169 e. The van der Waals surface area contributed by atoms with Crippen LogP contribution in [0.25, 0.3) is 11.3 Å². The third kappa shape index (κ3) is 3.00. The summed E-state index contributed by atoms with van der Waals surface area (Å²) in [5, 5.41) is 3.08. The highest BCUT2D eigenvalue weighted by atomic mass is 79.9. The van der Waals surface area contributed by atoms with Crippen LogP contribution in [-0.2, 0) is 6.42 Å². The number of halogens is 1. The van der Waals surface area contributed by atoms with Crippen LogP contribution in [0.5, 0.6) is 0 Å². The Bertz CT molecular complexity index is 693. The van der Waals surface area contributed by atoms with Gasteiger partial charge in [-0.3, -0.25) is 0 Å². The zero-order valence-corrected chi connectivity index (χ0v) is 13.0. The van der Waals surface area contributed by atoms with E-state index in [9.17, 15) is 0 Å². The summed E-state index contributed by atoms with van der Waals surface area (Å²) in [7, 11) is 0. The van der Waals surface area contributed by atoms with E-state index in [2.05, 4.69) is 38.4 Å². The Labute approximate surface area is 129 Å². The second-order valence-electron chi connectivity index (χ2n) is 4.45. The minimum atomic E-state index is -0.170. The Morgan fingerprint density at radius 3 is 2.70 bits per heavy atom. The van der Waals surface area contributed by atoms with Gasteiger partial charge in [0.05, 0.1) is 16.7 Å². The first-order valence-electron chi connectivity index (χ1n) is 6.23. The molecule has 0 saturated heterocycles. The molecule has 3 aromatic rings. The minimum Gasteiger partial charge on any atom is -0.453 e. The third-order valence-electron chi connectivity index (χ3n) is 2.98. The molecule has 0 spiro atoms. The van der Waals surface area contributed by atoms with Crippen LogP contribution in [0.4, 0.5) is 0 Å². The fourth-order valence-electron chi connectivity index (χ4n) is 1.96. The summed E-state index contributed by atoms with van der Waals surface area (Å²) in [6, 6.07) is 13.7. The maximum absolute atomic E-state index is 6.14. The van der Waals surface area contributed by atoms with Crippen LogP contribution >= 0.6 is 27.3 Å². The zero-order chi connectivity index (χ0) is 13.9. The number of benzene rings is 1. The SMILES string of the molecule is NC(Cc1nc(-c2ccccc2)cs1)c1ccc(Br)o1. The first-order valence-corrected chi connectivity index (χ1v) is 7.90. The number of nitrogens with two attached hydrogens (primary N) is 1. The van der Waals surface area contributed by atoms with Gasteiger partial charge in [-0.2, -0.15) is 0 Å². The van der Waals surface area contributed by atoms with Crippen molar-refractivity contribution in [2.45, 2.75) is 12.5 Å². The lowest BCUT2D eigenvalue weighted by atomic mass is 10.1. The Balaban J connectivity index is 1.74. The van der Waals surface area contributed by atoms with E-state index in [1.807, 2.05) is 30.3 Å². The van der Waals surface area contributed by atoms with E-state index in [0.717, 1.165) is 22.0 Å². The Hall–Kier alpha value is -1.43. The summed E-state index contributed by atoms with van der Waals surface area (Å²) in [6.07, 6.45) is 0.678. The number of furan rings is 1. The van der Waals surface area contributed by atoms with Gasteiger partial charge in [-0.25, -0.2) is 4.98 Å². The van der Waals surface area contributed by atoms with E-state index >= 15 is 0 Å². The molecule has 0 fully saturated rings. The van der Waals surface area contributed by atoms with Crippen molar-refractivity contribution in [3.8, 4) is 11.3 Å². The summed E-state index contributed by atoms with van der Waals surface area (Å²) in [4.78, 5) is 4.64. The lowest BCUT2D eigenvalue weighted by molar-refractivity contribution is 0.448. The summed E-state index contributed by atoms with van der Waals surface area (Å²) in [5.41, 5.74) is 8.27. The molecule has 102 valence electrons. The van der Waals surface area contributed by atoms with Crippen molar-refractivity contribution in [2.75, 3.05) is 0 Å². The molecule has 0 aliphatic heterocycles. The minimum absolute atomic E-state index is 0.170. The molecule has 2 heterocycles. The van der Waals surface area contributed by atoms with Gasteiger partial charge in [0.15, 0.2) is 4.67 Å². The summed E-state index contributed by atoms with van der Waals surface area (Å²) >= 11 is 4.92. The molecule has 0 saturated carbocycles. The molecular formula is C15H13BrN2OS. The van der Waals surface area contributed by atoms with Crippen molar-refractivity contribution < 1.29 is 4.42 Å². The average molecular weight is 349 g/mol. The normalized spacial score (nSPS) is 12.5. The van der Waals surface area contributed by atoms with E-state index in [1.165, 1.54) is 0 Å². The molecule has 0 aliphatic carbocycles. The van der Waals surface area contributed by atoms with Gasteiger partial charge >= 0.3 is 0 Å². The number of nitrogens with zero attached hydrogens (tertiary/aromatic N) is 1. The Kier molecular flexibility index (Phi) is 4.00. The summed E-state index contributed by atoms with van der Waals surface area (Å²) < 4.78 is 6.18. The first-order chi connectivity index (χ1) is 9.72. The fourth-order valence-corrected chi connectivity index (χ4v) is 3.14. The second kappa shape index (κ2) is 5.91. The van der Waals surface area contributed by atoms with Crippen LogP contribution in [0.15, 0.2) is 56.9 Å². The van der Waals surface area contributed by atoms with Gasteiger partial charge in [0.1, 0.15) is 5.76 Å². The number of rotatable bonds is 4. The Morgan fingerprint density at radius 2 is 2.00 bits per heavy atom. The van der Waals surface area contributed by atoms with Crippen LogP contribution in [0, 0.1) is 0 Å². The molecule has 3 rings (SSSR count). The molecule has 20 heavy (non-hydrogen) atoms. The van der Waals surface area contributed by atoms with Crippen molar-refractivity contribution >= 4 is 27.3 Å². The van der Waals surface area contributed by atoms with Gasteiger partial charge < -0.3 is 10.2 Å². The molecule has 1 atom stereocenters. The van der Waals surface area contributed by atoms with Crippen LogP contribution in [0.1, 0.15) is 16.8 Å². The maximum atomic E-state index is 6.14. The molecule has 0 aliphatic rings. The van der Waals surface area contributed by atoms with E-state index in [0.29, 0.717) is 11.1 Å². The van der Waals surface area contributed by atoms with Gasteiger partial charge in [-0.1, -0.05) is 30.3 Å². The molecular weight excluding hydrogens is 336 g/mol. The standard InChI is InChI=1S/C15H13BrN2OS/c16-14-7-6-13(19-14)11(17)8-15-18-12(9-20-15)10-4-2-1-3-5-10/h1-7,9,11H,8,17H2. The highest BCUT2D eigenvalue weighted by Crippen LogP contribution is 2.26. The third-order valence-corrected chi connectivity index (χ3v) is 4.27. The van der Waals surface area contributed by atoms with E-state index in [4.69, 9.17) is 10.2 Å². The van der Waals surface area contributed by atoms with Gasteiger partial charge in [0, 0.05) is 17.4 Å². The van der Waals surface area contributed by atoms with Crippen molar-refractivity contribution in [1.82, 2.24) is 4.98 Å². The largest absolute Gasteiger partial charge is 0.453 e. The quantitative estimate of drug-likeness (QED) is 0.759. The van der Waals surface area contributed by atoms with E-state index in [1.54, 1.807) is 11.3 Å². The molecule has 0 radical (unpaired) electrons. The Morgan fingerprint density at radius 1 is 1.20 bits per heavy atom. The van der Waals surface area contributed by atoms with Gasteiger partial charge in [0.25, 0.3) is 0 Å². The monoisotopic (exact) mass is 348 g/mol. The van der Waals surface area contributed by atoms with Gasteiger partial charge in [-0.05, 0) is 28.1 Å². The van der Waals surface area contributed by atoms with Crippen molar-refractivity contribution in [3.05, 3.63) is 63.3 Å². The van der Waals surface area contributed by atoms with Crippen LogP contribution in [-0.4, -0.2) is 4.98 Å². The van der Waals surface area contributed by atoms with Crippen LogP contribution < -0.4 is 5.73 Å². The zero-order valence-electron chi connectivity index (χ0n) is 10.6. The van der Waals surface area contributed by atoms with Gasteiger partial charge in [-0.15, -0.1) is 11.3 Å². The number of hydrogen-bond acceptors (Lipinski definition) is 4. The predicted octanol–water partition coefficient (Wildman–Crippen LogP) is 4.41. The molecule has 3 nitrogen and oxygen atoms in total. The number of hydrogen-bond donors (Lipinski definition) is 1. The average Bonchev–Trinajstić information content (AvgIpc) is 3.09. The van der Waals surface area contributed by atoms with Crippen molar-refractivity contribution in [2.24, 2.45) is 5.73 Å². The number of thiazole rings is 1. The van der Waals surface area contributed by atoms with Crippen LogP contribution in [0.2, 0.25) is 0 Å². The molecule has 5 heteroatoms. The smallest absolute Gasteiger partial charge is 0.169 e. The molecule has 2 aromatic heterocycles. The topological polar surface area (TPSA) is 52.0 Å². The lowest BCUT2D eigenvalue weighted by Gasteiger charge is -2.05. The molecule has 0 amide bonds. The molecule has 2 N–H and O–H groups in total. The molecule has 1 aromatic carbocycles.